The lowest BCUT2D eigenvalue weighted by Gasteiger charge is -2.13. The molecule has 1 heterocycles. The molecule has 1 saturated carbocycles. The van der Waals surface area contributed by atoms with Gasteiger partial charge in [0.25, 0.3) is 0 Å². The number of hydrogen-bond acceptors (Lipinski definition) is 3. The van der Waals surface area contributed by atoms with Gasteiger partial charge in [0, 0.05) is 18.5 Å². The van der Waals surface area contributed by atoms with Crippen molar-refractivity contribution in [3.63, 3.8) is 0 Å². The summed E-state index contributed by atoms with van der Waals surface area (Å²) in [5.74, 6) is 2.87. The Bertz CT molecular complexity index is 415. The fraction of sp³-hybridized carbons (Fsp3) is 0.625. The van der Waals surface area contributed by atoms with Gasteiger partial charge in [-0.2, -0.15) is 0 Å². The van der Waals surface area contributed by atoms with Gasteiger partial charge in [-0.1, -0.05) is 25.0 Å². The van der Waals surface area contributed by atoms with Crippen LogP contribution < -0.4 is 14.8 Å². The van der Waals surface area contributed by atoms with Gasteiger partial charge >= 0.3 is 0 Å². The van der Waals surface area contributed by atoms with Crippen LogP contribution >= 0.6 is 0 Å². The van der Waals surface area contributed by atoms with Crippen molar-refractivity contribution < 1.29 is 9.47 Å². The van der Waals surface area contributed by atoms with Crippen molar-refractivity contribution in [1.29, 1.82) is 0 Å². The second kappa shape index (κ2) is 6.29. The molecule has 104 valence electrons. The van der Waals surface area contributed by atoms with Crippen LogP contribution in [-0.4, -0.2) is 19.8 Å². The first-order valence-electron chi connectivity index (χ1n) is 7.52. The molecule has 1 fully saturated rings. The molecular weight excluding hydrogens is 238 g/mol. The van der Waals surface area contributed by atoms with Crippen molar-refractivity contribution >= 4 is 0 Å². The van der Waals surface area contributed by atoms with E-state index in [1.54, 1.807) is 0 Å². The normalized spacial score (nSPS) is 18.1. The maximum Gasteiger partial charge on any atom is 0.165 e. The van der Waals surface area contributed by atoms with Gasteiger partial charge in [0.2, 0.25) is 0 Å². The molecule has 1 aliphatic heterocycles. The molecule has 0 atom stereocenters. The van der Waals surface area contributed by atoms with Crippen molar-refractivity contribution in [3.8, 4) is 11.5 Å². The number of fused-ring (bicyclic) bond motifs is 1. The van der Waals surface area contributed by atoms with Crippen LogP contribution in [0.4, 0.5) is 0 Å². The minimum atomic E-state index is 0.755. The van der Waals surface area contributed by atoms with Crippen LogP contribution in [0.5, 0.6) is 11.5 Å². The van der Waals surface area contributed by atoms with Gasteiger partial charge in [-0.15, -0.1) is 0 Å². The molecule has 1 aromatic carbocycles. The molecule has 1 aliphatic carbocycles. The summed E-state index contributed by atoms with van der Waals surface area (Å²) < 4.78 is 11.5. The van der Waals surface area contributed by atoms with Crippen LogP contribution in [0.15, 0.2) is 18.2 Å². The average Bonchev–Trinajstić information content (AvgIpc) is 3.24. The van der Waals surface area contributed by atoms with Gasteiger partial charge in [-0.25, -0.2) is 0 Å². The first-order chi connectivity index (χ1) is 9.43. The molecular formula is C16H23NO2. The van der Waals surface area contributed by atoms with E-state index in [1.807, 2.05) is 6.07 Å². The number of ether oxygens (including phenoxy) is 2. The Hall–Kier alpha value is -1.22. The molecule has 0 unspecified atom stereocenters. The molecule has 0 aromatic heterocycles. The van der Waals surface area contributed by atoms with Crippen molar-refractivity contribution in [1.82, 2.24) is 5.32 Å². The summed E-state index contributed by atoms with van der Waals surface area (Å²) in [7, 11) is 0. The average molecular weight is 261 g/mol. The van der Waals surface area contributed by atoms with E-state index in [-0.39, 0.29) is 0 Å². The zero-order valence-corrected chi connectivity index (χ0v) is 11.5. The summed E-state index contributed by atoms with van der Waals surface area (Å²) in [5, 5.41) is 3.52. The van der Waals surface area contributed by atoms with E-state index in [9.17, 15) is 0 Å². The SMILES string of the molecule is c1cc(CNCCCC2CC2)c2c(c1)OCCCO2. The maximum absolute atomic E-state index is 5.82. The van der Waals surface area contributed by atoms with E-state index in [2.05, 4.69) is 17.4 Å². The summed E-state index contributed by atoms with van der Waals surface area (Å²) in [6.07, 6.45) is 6.55. The van der Waals surface area contributed by atoms with Crippen molar-refractivity contribution in [2.24, 2.45) is 5.92 Å². The second-order valence-electron chi connectivity index (χ2n) is 5.56. The Kier molecular flexibility index (Phi) is 4.23. The van der Waals surface area contributed by atoms with Gasteiger partial charge in [-0.3, -0.25) is 0 Å². The van der Waals surface area contributed by atoms with E-state index in [0.717, 1.165) is 50.1 Å². The summed E-state index contributed by atoms with van der Waals surface area (Å²) in [6, 6.07) is 6.17. The van der Waals surface area contributed by atoms with Crippen LogP contribution in [0.1, 0.15) is 37.7 Å². The first kappa shape index (κ1) is 12.8. The predicted molar refractivity (Wildman–Crippen MR) is 75.7 cm³/mol. The van der Waals surface area contributed by atoms with Crippen LogP contribution in [-0.2, 0) is 6.54 Å². The van der Waals surface area contributed by atoms with E-state index in [0.29, 0.717) is 0 Å². The Labute approximate surface area is 115 Å². The van der Waals surface area contributed by atoms with Gasteiger partial charge < -0.3 is 14.8 Å². The summed E-state index contributed by atoms with van der Waals surface area (Å²) in [6.45, 7) is 3.48. The minimum Gasteiger partial charge on any atom is -0.490 e. The number of benzene rings is 1. The monoisotopic (exact) mass is 261 g/mol. The molecule has 1 N–H and O–H groups in total. The number of hydrogen-bond donors (Lipinski definition) is 1. The highest BCUT2D eigenvalue weighted by Gasteiger charge is 2.20. The Morgan fingerprint density at radius 3 is 2.95 bits per heavy atom. The van der Waals surface area contributed by atoms with Gasteiger partial charge in [-0.05, 0) is 31.4 Å². The third-order valence-corrected chi connectivity index (χ3v) is 3.83. The lowest BCUT2D eigenvalue weighted by molar-refractivity contribution is 0.296. The molecule has 2 aliphatic rings. The third-order valence-electron chi connectivity index (χ3n) is 3.83. The van der Waals surface area contributed by atoms with E-state index in [4.69, 9.17) is 9.47 Å². The molecule has 0 bridgehead atoms. The Balaban J connectivity index is 1.51. The molecule has 3 heteroatoms. The quantitative estimate of drug-likeness (QED) is 0.798. The second-order valence-corrected chi connectivity index (χ2v) is 5.56. The Morgan fingerprint density at radius 1 is 1.16 bits per heavy atom. The maximum atomic E-state index is 5.82. The highest BCUT2D eigenvalue weighted by molar-refractivity contribution is 5.46. The van der Waals surface area contributed by atoms with Gasteiger partial charge in [0.1, 0.15) is 0 Å². The predicted octanol–water partition coefficient (Wildman–Crippen LogP) is 3.13. The molecule has 0 amide bonds. The number of nitrogens with one attached hydrogen (secondary N) is 1. The largest absolute Gasteiger partial charge is 0.490 e. The molecule has 0 radical (unpaired) electrons. The highest BCUT2D eigenvalue weighted by atomic mass is 16.5. The molecule has 1 aromatic rings. The molecule has 0 spiro atoms. The van der Waals surface area contributed by atoms with Crippen molar-refractivity contribution in [2.75, 3.05) is 19.8 Å². The number of para-hydroxylation sites is 1. The highest BCUT2D eigenvalue weighted by Crippen LogP contribution is 2.34. The Morgan fingerprint density at radius 2 is 2.05 bits per heavy atom. The van der Waals surface area contributed by atoms with Gasteiger partial charge in [0.05, 0.1) is 13.2 Å². The van der Waals surface area contributed by atoms with Crippen LogP contribution in [0, 0.1) is 5.92 Å². The molecule has 3 rings (SSSR count). The fourth-order valence-electron chi connectivity index (χ4n) is 2.54. The first-order valence-corrected chi connectivity index (χ1v) is 7.52. The minimum absolute atomic E-state index is 0.755. The fourth-order valence-corrected chi connectivity index (χ4v) is 2.54. The van der Waals surface area contributed by atoms with E-state index >= 15 is 0 Å². The van der Waals surface area contributed by atoms with Crippen LogP contribution in [0.3, 0.4) is 0 Å². The topological polar surface area (TPSA) is 30.5 Å². The van der Waals surface area contributed by atoms with Crippen molar-refractivity contribution in [2.45, 2.75) is 38.6 Å². The van der Waals surface area contributed by atoms with Gasteiger partial charge in [0.15, 0.2) is 11.5 Å². The van der Waals surface area contributed by atoms with Crippen molar-refractivity contribution in [3.05, 3.63) is 23.8 Å². The number of rotatable bonds is 6. The third kappa shape index (κ3) is 3.63. The molecule has 3 nitrogen and oxygen atoms in total. The van der Waals surface area contributed by atoms with Crippen LogP contribution in [0.25, 0.3) is 0 Å². The van der Waals surface area contributed by atoms with E-state index < -0.39 is 0 Å². The van der Waals surface area contributed by atoms with E-state index in [1.165, 1.54) is 31.2 Å². The summed E-state index contributed by atoms with van der Waals surface area (Å²) in [4.78, 5) is 0. The summed E-state index contributed by atoms with van der Waals surface area (Å²) in [5.41, 5.74) is 1.21. The zero-order chi connectivity index (χ0) is 12.9. The lowest BCUT2D eigenvalue weighted by atomic mass is 10.1. The van der Waals surface area contributed by atoms with Crippen LogP contribution in [0.2, 0.25) is 0 Å². The zero-order valence-electron chi connectivity index (χ0n) is 11.5. The summed E-state index contributed by atoms with van der Waals surface area (Å²) >= 11 is 0. The molecule has 0 saturated heterocycles. The lowest BCUT2D eigenvalue weighted by Crippen LogP contribution is -2.15. The standard InChI is InChI=1S/C16H23NO2/c1-5-14(12-17-9-2-4-13-7-8-13)16-15(6-1)18-10-3-11-19-16/h1,5-6,13,17H,2-4,7-12H2. The smallest absolute Gasteiger partial charge is 0.165 e. The molecule has 19 heavy (non-hydrogen) atoms.